The maximum Gasteiger partial charge on any atom is 0.302 e. The van der Waals surface area contributed by atoms with E-state index in [0.29, 0.717) is 33.0 Å². The Labute approximate surface area is 181 Å². The van der Waals surface area contributed by atoms with Crippen LogP contribution in [-0.2, 0) is 23.4 Å². The summed E-state index contributed by atoms with van der Waals surface area (Å²) >= 11 is 0. The van der Waals surface area contributed by atoms with E-state index in [-0.39, 0.29) is 17.6 Å². The highest BCUT2D eigenvalue weighted by atomic mass is 28.4. The van der Waals surface area contributed by atoms with Crippen molar-refractivity contribution < 1.29 is 23.4 Å². The van der Waals surface area contributed by atoms with E-state index in [1.54, 1.807) is 0 Å². The summed E-state index contributed by atoms with van der Waals surface area (Å²) in [6.45, 7) is 10.8. The molecule has 2 aromatic rings. The molecule has 0 saturated carbocycles. The van der Waals surface area contributed by atoms with Gasteiger partial charge in [-0.15, -0.1) is 0 Å². The number of ether oxygens (including phenoxy) is 3. The smallest absolute Gasteiger partial charge is 0.302 e. The van der Waals surface area contributed by atoms with Crippen LogP contribution < -0.4 is 10.4 Å². The number of rotatable bonds is 12. The minimum atomic E-state index is -2.51. The zero-order valence-corrected chi connectivity index (χ0v) is 19.6. The molecular formula is C24H34O5Si. The second-order valence-corrected chi connectivity index (χ2v) is 12.4. The molecule has 0 bridgehead atoms. The Balaban J connectivity index is 1.96. The third-order valence-electron chi connectivity index (χ3n) is 4.87. The topological polar surface area (TPSA) is 54.0 Å². The van der Waals surface area contributed by atoms with Crippen LogP contribution in [0.15, 0.2) is 60.7 Å². The quantitative estimate of drug-likeness (QED) is 0.294. The number of carbonyl (C=O) groups is 1. The second kappa shape index (κ2) is 12.0. The molecule has 164 valence electrons. The lowest BCUT2D eigenvalue weighted by Gasteiger charge is -2.43. The van der Waals surface area contributed by atoms with Crippen molar-refractivity contribution in [3.63, 3.8) is 0 Å². The molecule has 0 atom stereocenters. The molecule has 6 heteroatoms. The summed E-state index contributed by atoms with van der Waals surface area (Å²) in [5.41, 5.74) is 0. The van der Waals surface area contributed by atoms with E-state index in [9.17, 15) is 4.79 Å². The van der Waals surface area contributed by atoms with Crippen molar-refractivity contribution in [2.45, 2.75) is 32.7 Å². The average molecular weight is 431 g/mol. The van der Waals surface area contributed by atoms with E-state index in [0.717, 1.165) is 0 Å². The van der Waals surface area contributed by atoms with Crippen LogP contribution in [0.25, 0.3) is 0 Å². The van der Waals surface area contributed by atoms with Crippen LogP contribution in [0.5, 0.6) is 0 Å². The lowest BCUT2D eigenvalue weighted by atomic mass is 10.2. The molecule has 0 radical (unpaired) electrons. The molecule has 2 rings (SSSR count). The lowest BCUT2D eigenvalue weighted by Crippen LogP contribution is -2.66. The minimum Gasteiger partial charge on any atom is -0.463 e. The molecule has 0 unspecified atom stereocenters. The van der Waals surface area contributed by atoms with E-state index in [4.69, 9.17) is 18.6 Å². The monoisotopic (exact) mass is 430 g/mol. The summed E-state index contributed by atoms with van der Waals surface area (Å²) in [5.74, 6) is -0.296. The first-order valence-corrected chi connectivity index (χ1v) is 12.3. The molecule has 0 aromatic heterocycles. The standard InChI is InChI=1S/C24H34O5Si/c1-21(25)28-19-17-26-15-16-27-18-20-29-30(24(2,3)4,22-11-7-5-8-12-22)23-13-9-6-10-14-23/h5-14H,15-20H2,1-4H3. The molecule has 0 N–H and O–H groups in total. The van der Waals surface area contributed by atoms with E-state index in [1.165, 1.54) is 17.3 Å². The summed E-state index contributed by atoms with van der Waals surface area (Å²) in [6.07, 6.45) is 0. The summed E-state index contributed by atoms with van der Waals surface area (Å²) in [5, 5.41) is 2.48. The maximum atomic E-state index is 10.7. The lowest BCUT2D eigenvalue weighted by molar-refractivity contribution is -0.142. The second-order valence-electron chi connectivity index (χ2n) is 8.08. The number of hydrogen-bond donors (Lipinski definition) is 0. The highest BCUT2D eigenvalue weighted by Crippen LogP contribution is 2.36. The van der Waals surface area contributed by atoms with Crippen LogP contribution in [0, 0.1) is 0 Å². The van der Waals surface area contributed by atoms with E-state index >= 15 is 0 Å². The maximum absolute atomic E-state index is 10.7. The Kier molecular flexibility index (Phi) is 9.72. The molecule has 0 spiro atoms. The predicted octanol–water partition coefficient (Wildman–Crippen LogP) is 3.16. The fourth-order valence-electron chi connectivity index (χ4n) is 3.58. The van der Waals surface area contributed by atoms with Gasteiger partial charge in [-0.25, -0.2) is 0 Å². The van der Waals surface area contributed by atoms with Crippen LogP contribution in [0.1, 0.15) is 27.7 Å². The first kappa shape index (κ1) is 24.3. The molecule has 0 heterocycles. The molecule has 0 saturated heterocycles. The number of esters is 1. The van der Waals surface area contributed by atoms with Crippen molar-refractivity contribution in [3.8, 4) is 0 Å². The highest BCUT2D eigenvalue weighted by Gasteiger charge is 2.49. The van der Waals surface area contributed by atoms with Gasteiger partial charge in [0.15, 0.2) is 0 Å². The van der Waals surface area contributed by atoms with Gasteiger partial charge >= 0.3 is 5.97 Å². The molecule has 0 amide bonds. The molecule has 2 aromatic carbocycles. The van der Waals surface area contributed by atoms with Crippen LogP contribution in [0.4, 0.5) is 0 Å². The van der Waals surface area contributed by atoms with Crippen LogP contribution in [0.2, 0.25) is 5.04 Å². The first-order chi connectivity index (χ1) is 14.4. The molecule has 0 aliphatic heterocycles. The number of carbonyl (C=O) groups excluding carboxylic acids is 1. The SMILES string of the molecule is CC(=O)OCCOCCOCCO[Si](c1ccccc1)(c1ccccc1)C(C)(C)C. The van der Waals surface area contributed by atoms with Gasteiger partial charge in [-0.1, -0.05) is 81.4 Å². The van der Waals surface area contributed by atoms with Crippen LogP contribution >= 0.6 is 0 Å². The number of benzene rings is 2. The molecule has 30 heavy (non-hydrogen) atoms. The van der Waals surface area contributed by atoms with Gasteiger partial charge in [-0.3, -0.25) is 4.79 Å². The van der Waals surface area contributed by atoms with E-state index in [1.807, 2.05) is 12.1 Å². The Bertz CT molecular complexity index is 704. The number of hydrogen-bond acceptors (Lipinski definition) is 5. The largest absolute Gasteiger partial charge is 0.463 e. The average Bonchev–Trinajstić information content (AvgIpc) is 2.72. The van der Waals surface area contributed by atoms with Crippen LogP contribution in [-0.4, -0.2) is 53.9 Å². The zero-order chi connectivity index (χ0) is 21.9. The normalized spacial score (nSPS) is 12.0. The first-order valence-electron chi connectivity index (χ1n) is 10.4. The summed E-state index contributed by atoms with van der Waals surface area (Å²) < 4.78 is 22.7. The highest BCUT2D eigenvalue weighted by molar-refractivity contribution is 6.99. The van der Waals surface area contributed by atoms with Gasteiger partial charge in [0.05, 0.1) is 33.0 Å². The Morgan fingerprint density at radius 2 is 1.17 bits per heavy atom. The van der Waals surface area contributed by atoms with Crippen molar-refractivity contribution in [2.75, 3.05) is 39.6 Å². The fraction of sp³-hybridized carbons (Fsp3) is 0.458. The molecule has 0 fully saturated rings. The molecule has 0 aliphatic carbocycles. The molecular weight excluding hydrogens is 396 g/mol. The third kappa shape index (κ3) is 6.77. The van der Waals surface area contributed by atoms with Gasteiger partial charge in [0.25, 0.3) is 8.32 Å². The van der Waals surface area contributed by atoms with Gasteiger partial charge in [0, 0.05) is 6.92 Å². The van der Waals surface area contributed by atoms with E-state index < -0.39 is 8.32 Å². The van der Waals surface area contributed by atoms with Gasteiger partial charge in [0.1, 0.15) is 6.61 Å². The van der Waals surface area contributed by atoms with Crippen molar-refractivity contribution in [2.24, 2.45) is 0 Å². The van der Waals surface area contributed by atoms with Gasteiger partial charge in [-0.05, 0) is 15.4 Å². The van der Waals surface area contributed by atoms with Crippen molar-refractivity contribution in [3.05, 3.63) is 60.7 Å². The summed E-state index contributed by atoms with van der Waals surface area (Å²) in [6, 6.07) is 21.1. The Morgan fingerprint density at radius 3 is 1.60 bits per heavy atom. The Hall–Kier alpha value is -1.99. The van der Waals surface area contributed by atoms with Crippen molar-refractivity contribution in [1.29, 1.82) is 0 Å². The van der Waals surface area contributed by atoms with Gasteiger partial charge in [-0.2, -0.15) is 0 Å². The minimum absolute atomic E-state index is 0.0461. The third-order valence-corrected chi connectivity index (χ3v) is 9.91. The molecule has 5 nitrogen and oxygen atoms in total. The van der Waals surface area contributed by atoms with Gasteiger partial charge in [0.2, 0.25) is 0 Å². The van der Waals surface area contributed by atoms with E-state index in [2.05, 4.69) is 69.3 Å². The van der Waals surface area contributed by atoms with Crippen molar-refractivity contribution >= 4 is 24.7 Å². The Morgan fingerprint density at radius 1 is 0.733 bits per heavy atom. The van der Waals surface area contributed by atoms with Gasteiger partial charge < -0.3 is 18.6 Å². The summed E-state index contributed by atoms with van der Waals surface area (Å²) in [4.78, 5) is 10.7. The zero-order valence-electron chi connectivity index (χ0n) is 18.6. The van der Waals surface area contributed by atoms with Crippen molar-refractivity contribution in [1.82, 2.24) is 0 Å². The molecule has 0 aliphatic rings. The fourth-order valence-corrected chi connectivity index (χ4v) is 8.13. The predicted molar refractivity (Wildman–Crippen MR) is 122 cm³/mol. The van der Waals surface area contributed by atoms with Crippen LogP contribution in [0.3, 0.4) is 0 Å². The summed E-state index contributed by atoms with van der Waals surface area (Å²) in [7, 11) is -2.51.